The molecule has 2 aromatic carbocycles. The lowest BCUT2D eigenvalue weighted by molar-refractivity contribution is 0.0448. The van der Waals surface area contributed by atoms with Crippen LogP contribution in [0.1, 0.15) is 10.4 Å². The number of urea groups is 1. The monoisotopic (exact) mass is 318 g/mol. The molecule has 0 spiro atoms. The zero-order chi connectivity index (χ0) is 16.7. The first-order valence-electron chi connectivity index (χ1n) is 6.77. The number of esters is 1. The van der Waals surface area contributed by atoms with Crippen LogP contribution in [-0.2, 0) is 4.74 Å². The van der Waals surface area contributed by atoms with E-state index < -0.39 is 17.8 Å². The number of halogens is 1. The quantitative estimate of drug-likeness (QED) is 0.632. The largest absolute Gasteiger partial charge is 0.487 e. The number of nitrogens with one attached hydrogen (secondary N) is 1. The Morgan fingerprint density at radius 2 is 1.87 bits per heavy atom. The number of amides is 2. The third-order valence-electron chi connectivity index (χ3n) is 2.78. The molecule has 7 heteroatoms. The first-order chi connectivity index (χ1) is 11.1. The fourth-order valence-corrected chi connectivity index (χ4v) is 1.80. The Morgan fingerprint density at radius 3 is 2.61 bits per heavy atom. The number of anilines is 1. The molecule has 3 N–H and O–H groups in total. The van der Waals surface area contributed by atoms with Crippen LogP contribution in [0.25, 0.3) is 0 Å². The lowest BCUT2D eigenvalue weighted by Gasteiger charge is -2.09. The summed E-state index contributed by atoms with van der Waals surface area (Å²) in [7, 11) is 0. The summed E-state index contributed by atoms with van der Waals surface area (Å²) in [6.45, 7) is -0.0213. The summed E-state index contributed by atoms with van der Waals surface area (Å²) in [5.74, 6) is -0.976. The molecule has 0 atom stereocenters. The maximum absolute atomic E-state index is 13.3. The number of para-hydroxylation sites is 1. The van der Waals surface area contributed by atoms with E-state index in [0.717, 1.165) is 0 Å². The molecule has 0 saturated carbocycles. The molecule has 2 rings (SSSR count). The molecule has 0 saturated heterocycles. The van der Waals surface area contributed by atoms with E-state index in [4.69, 9.17) is 15.2 Å². The Morgan fingerprint density at radius 1 is 1.09 bits per heavy atom. The Bertz CT molecular complexity index is 706. The number of carbonyl (C=O) groups is 2. The highest BCUT2D eigenvalue weighted by Gasteiger charge is 2.09. The van der Waals surface area contributed by atoms with Crippen molar-refractivity contribution in [1.29, 1.82) is 0 Å². The van der Waals surface area contributed by atoms with Crippen LogP contribution in [0.4, 0.5) is 14.9 Å². The van der Waals surface area contributed by atoms with Crippen LogP contribution in [0.15, 0.2) is 48.5 Å². The standard InChI is InChI=1S/C16H15FN2O4/c17-13-6-1-2-7-14(13)22-8-9-23-15(20)11-4-3-5-12(10-11)19-16(18)21/h1-7,10H,8-9H2,(H3,18,19,21). The highest BCUT2D eigenvalue weighted by atomic mass is 19.1. The van der Waals surface area contributed by atoms with Crippen molar-refractivity contribution in [3.05, 3.63) is 59.9 Å². The van der Waals surface area contributed by atoms with E-state index in [0.29, 0.717) is 5.69 Å². The van der Waals surface area contributed by atoms with Crippen molar-refractivity contribution < 1.29 is 23.5 Å². The number of nitrogens with two attached hydrogens (primary N) is 1. The molecule has 0 bridgehead atoms. The van der Waals surface area contributed by atoms with Gasteiger partial charge in [-0.2, -0.15) is 0 Å². The molecule has 0 radical (unpaired) electrons. The van der Waals surface area contributed by atoms with Gasteiger partial charge in [0, 0.05) is 5.69 Å². The van der Waals surface area contributed by atoms with Gasteiger partial charge in [-0.25, -0.2) is 14.0 Å². The van der Waals surface area contributed by atoms with Crippen molar-refractivity contribution in [3.8, 4) is 5.75 Å². The summed E-state index contributed by atoms with van der Waals surface area (Å²) in [6.07, 6.45) is 0. The van der Waals surface area contributed by atoms with Gasteiger partial charge in [0.15, 0.2) is 11.6 Å². The van der Waals surface area contributed by atoms with Crippen molar-refractivity contribution in [2.45, 2.75) is 0 Å². The van der Waals surface area contributed by atoms with E-state index in [-0.39, 0.29) is 24.5 Å². The predicted octanol–water partition coefficient (Wildman–Crippen LogP) is 2.55. The second-order valence-corrected chi connectivity index (χ2v) is 4.48. The number of carbonyl (C=O) groups excluding carboxylic acids is 2. The van der Waals surface area contributed by atoms with Crippen LogP contribution in [0, 0.1) is 5.82 Å². The van der Waals surface area contributed by atoms with Gasteiger partial charge in [0.2, 0.25) is 0 Å². The maximum Gasteiger partial charge on any atom is 0.338 e. The molecule has 0 aliphatic heterocycles. The van der Waals surface area contributed by atoms with E-state index in [1.165, 1.54) is 24.3 Å². The first kappa shape index (κ1) is 16.3. The minimum Gasteiger partial charge on any atom is -0.487 e. The van der Waals surface area contributed by atoms with Crippen molar-refractivity contribution in [2.24, 2.45) is 5.73 Å². The molecule has 23 heavy (non-hydrogen) atoms. The molecular weight excluding hydrogens is 303 g/mol. The second-order valence-electron chi connectivity index (χ2n) is 4.48. The number of ether oxygens (including phenoxy) is 2. The lowest BCUT2D eigenvalue weighted by atomic mass is 10.2. The fourth-order valence-electron chi connectivity index (χ4n) is 1.80. The van der Waals surface area contributed by atoms with Gasteiger partial charge in [0.1, 0.15) is 13.2 Å². The Labute approximate surface area is 132 Å². The fraction of sp³-hybridized carbons (Fsp3) is 0.125. The number of benzene rings is 2. The summed E-state index contributed by atoms with van der Waals surface area (Å²) in [6, 6.07) is 11.4. The summed E-state index contributed by atoms with van der Waals surface area (Å²) >= 11 is 0. The first-order valence-corrected chi connectivity index (χ1v) is 6.77. The Balaban J connectivity index is 1.83. The number of hydrogen-bond acceptors (Lipinski definition) is 4. The SMILES string of the molecule is NC(=O)Nc1cccc(C(=O)OCCOc2ccccc2F)c1. The Hall–Kier alpha value is -3.09. The van der Waals surface area contributed by atoms with Crippen LogP contribution in [-0.4, -0.2) is 25.2 Å². The third-order valence-corrected chi connectivity index (χ3v) is 2.78. The van der Waals surface area contributed by atoms with Crippen molar-refractivity contribution >= 4 is 17.7 Å². The van der Waals surface area contributed by atoms with Crippen molar-refractivity contribution in [1.82, 2.24) is 0 Å². The van der Waals surface area contributed by atoms with E-state index in [1.807, 2.05) is 0 Å². The minimum absolute atomic E-state index is 0.0197. The maximum atomic E-state index is 13.3. The molecule has 0 fully saturated rings. The van der Waals surface area contributed by atoms with Gasteiger partial charge in [0.25, 0.3) is 0 Å². The highest BCUT2D eigenvalue weighted by Crippen LogP contribution is 2.15. The van der Waals surface area contributed by atoms with E-state index in [9.17, 15) is 14.0 Å². The zero-order valence-electron chi connectivity index (χ0n) is 12.1. The summed E-state index contributed by atoms with van der Waals surface area (Å²) in [4.78, 5) is 22.6. The minimum atomic E-state index is -0.728. The molecule has 0 unspecified atom stereocenters. The van der Waals surface area contributed by atoms with Gasteiger partial charge in [-0.05, 0) is 30.3 Å². The molecule has 0 aromatic heterocycles. The summed E-state index contributed by atoms with van der Waals surface area (Å²) < 4.78 is 23.5. The van der Waals surface area contributed by atoms with Gasteiger partial charge in [0.05, 0.1) is 5.56 Å². The van der Waals surface area contributed by atoms with Crippen LogP contribution in [0.3, 0.4) is 0 Å². The van der Waals surface area contributed by atoms with E-state index in [2.05, 4.69) is 5.32 Å². The average Bonchev–Trinajstić information content (AvgIpc) is 2.52. The van der Waals surface area contributed by atoms with Gasteiger partial charge in [-0.15, -0.1) is 0 Å². The molecule has 0 aliphatic rings. The number of rotatable bonds is 6. The molecule has 6 nitrogen and oxygen atoms in total. The second kappa shape index (κ2) is 7.79. The van der Waals surface area contributed by atoms with Crippen molar-refractivity contribution in [3.63, 3.8) is 0 Å². The van der Waals surface area contributed by atoms with Gasteiger partial charge in [-0.3, -0.25) is 0 Å². The van der Waals surface area contributed by atoms with Crippen LogP contribution in [0.2, 0.25) is 0 Å². The number of hydrogen-bond donors (Lipinski definition) is 2. The molecule has 120 valence electrons. The topological polar surface area (TPSA) is 90.7 Å². The van der Waals surface area contributed by atoms with E-state index >= 15 is 0 Å². The zero-order valence-corrected chi connectivity index (χ0v) is 12.1. The molecule has 0 aliphatic carbocycles. The molecule has 2 aromatic rings. The smallest absolute Gasteiger partial charge is 0.338 e. The van der Waals surface area contributed by atoms with Crippen LogP contribution in [0.5, 0.6) is 5.75 Å². The van der Waals surface area contributed by atoms with Crippen molar-refractivity contribution in [2.75, 3.05) is 18.5 Å². The van der Waals surface area contributed by atoms with E-state index in [1.54, 1.807) is 24.3 Å². The number of primary amides is 1. The Kier molecular flexibility index (Phi) is 5.51. The summed E-state index contributed by atoms with van der Waals surface area (Å²) in [5, 5.41) is 2.36. The van der Waals surface area contributed by atoms with Crippen LogP contribution >= 0.6 is 0 Å². The van der Waals surface area contributed by atoms with Gasteiger partial charge < -0.3 is 20.5 Å². The van der Waals surface area contributed by atoms with Gasteiger partial charge >= 0.3 is 12.0 Å². The predicted molar refractivity (Wildman–Crippen MR) is 81.8 cm³/mol. The third kappa shape index (κ3) is 4.99. The van der Waals surface area contributed by atoms with Crippen LogP contribution < -0.4 is 15.8 Å². The normalized spacial score (nSPS) is 9.96. The average molecular weight is 318 g/mol. The van der Waals surface area contributed by atoms with Gasteiger partial charge in [-0.1, -0.05) is 18.2 Å². The highest BCUT2D eigenvalue weighted by molar-refractivity contribution is 5.93. The lowest BCUT2D eigenvalue weighted by Crippen LogP contribution is -2.19. The molecule has 2 amide bonds. The molecular formula is C16H15FN2O4. The summed E-state index contributed by atoms with van der Waals surface area (Å²) in [5.41, 5.74) is 5.64. The molecule has 0 heterocycles.